The molecular weight excluding hydrogens is 237 g/mol. The van der Waals surface area contributed by atoms with Crippen molar-refractivity contribution in [2.75, 3.05) is 18.6 Å². The van der Waals surface area contributed by atoms with E-state index in [0.717, 1.165) is 0 Å². The van der Waals surface area contributed by atoms with Gasteiger partial charge in [0.25, 0.3) is 0 Å². The summed E-state index contributed by atoms with van der Waals surface area (Å²) in [6, 6.07) is 1.80. The van der Waals surface area contributed by atoms with Gasteiger partial charge in [-0.2, -0.15) is 0 Å². The molecule has 1 N–H and O–H groups in total. The molecule has 0 spiro atoms. The Kier molecular flexibility index (Phi) is 4.57. The fourth-order valence-corrected chi connectivity index (χ4v) is 1.56. The summed E-state index contributed by atoms with van der Waals surface area (Å²) in [6.07, 6.45) is 0.662. The first-order valence-corrected chi connectivity index (χ1v) is 5.34. The summed E-state index contributed by atoms with van der Waals surface area (Å²) in [4.78, 5) is 9.72. The molecule has 0 aliphatic heterocycles. The predicted octanol–water partition coefficient (Wildman–Crippen LogP) is 1.99. The van der Waals surface area contributed by atoms with E-state index in [1.165, 1.54) is 0 Å². The third-order valence-electron chi connectivity index (χ3n) is 2.22. The van der Waals surface area contributed by atoms with Crippen molar-refractivity contribution in [3.63, 3.8) is 0 Å². The number of aliphatic hydroxyl groups excluding tert-OH is 1. The van der Waals surface area contributed by atoms with Crippen molar-refractivity contribution in [3.8, 4) is 0 Å². The third-order valence-corrected chi connectivity index (χ3v) is 2.59. The Morgan fingerprint density at radius 3 is 2.67 bits per heavy atom. The Bertz CT molecular complexity index is 315. The van der Waals surface area contributed by atoms with Crippen molar-refractivity contribution in [1.82, 2.24) is 9.97 Å². The minimum absolute atomic E-state index is 0.126. The average Bonchev–Trinajstić information content (AvgIpc) is 2.15. The van der Waals surface area contributed by atoms with E-state index in [1.807, 2.05) is 18.9 Å². The largest absolute Gasteiger partial charge is 0.396 e. The Morgan fingerprint density at radius 1 is 1.47 bits per heavy atom. The van der Waals surface area contributed by atoms with Gasteiger partial charge >= 0.3 is 0 Å². The molecule has 0 unspecified atom stereocenters. The van der Waals surface area contributed by atoms with Crippen LogP contribution in [-0.4, -0.2) is 34.8 Å². The van der Waals surface area contributed by atoms with Gasteiger partial charge < -0.3 is 10.0 Å². The molecule has 1 atom stereocenters. The minimum atomic E-state index is 0.126. The van der Waals surface area contributed by atoms with Gasteiger partial charge in [-0.1, -0.05) is 11.6 Å². The van der Waals surface area contributed by atoms with Gasteiger partial charge in [-0.15, -0.1) is 0 Å². The summed E-state index contributed by atoms with van der Waals surface area (Å²) < 4.78 is 0. The molecule has 84 valence electrons. The first kappa shape index (κ1) is 12.5. The van der Waals surface area contributed by atoms with E-state index in [2.05, 4.69) is 9.97 Å². The van der Waals surface area contributed by atoms with Gasteiger partial charge in [-0.3, -0.25) is 0 Å². The second-order valence-corrected chi connectivity index (χ2v) is 4.02. The molecule has 0 bridgehead atoms. The molecule has 0 amide bonds. The maximum absolute atomic E-state index is 8.83. The number of aliphatic hydroxyl groups is 1. The van der Waals surface area contributed by atoms with E-state index in [1.54, 1.807) is 6.07 Å². The number of halogens is 2. The minimum Gasteiger partial charge on any atom is -0.396 e. The van der Waals surface area contributed by atoms with Crippen molar-refractivity contribution < 1.29 is 5.11 Å². The highest BCUT2D eigenvalue weighted by atomic mass is 35.5. The van der Waals surface area contributed by atoms with Crippen molar-refractivity contribution in [2.24, 2.45) is 0 Å². The zero-order valence-electron chi connectivity index (χ0n) is 8.61. The Labute approximate surface area is 98.9 Å². The Morgan fingerprint density at radius 2 is 2.13 bits per heavy atom. The van der Waals surface area contributed by atoms with E-state index in [4.69, 9.17) is 28.3 Å². The molecule has 1 rings (SSSR count). The molecule has 0 aliphatic rings. The molecule has 1 aromatic rings. The van der Waals surface area contributed by atoms with E-state index >= 15 is 0 Å². The van der Waals surface area contributed by atoms with Gasteiger partial charge in [0, 0.05) is 25.8 Å². The fourth-order valence-electron chi connectivity index (χ4n) is 1.17. The molecule has 0 radical (unpaired) electrons. The molecule has 0 saturated carbocycles. The number of hydrogen-bond acceptors (Lipinski definition) is 4. The second-order valence-electron chi connectivity index (χ2n) is 3.29. The van der Waals surface area contributed by atoms with Crippen LogP contribution in [0.3, 0.4) is 0 Å². The van der Waals surface area contributed by atoms with E-state index in [-0.39, 0.29) is 17.9 Å². The predicted molar refractivity (Wildman–Crippen MR) is 61.6 cm³/mol. The zero-order valence-corrected chi connectivity index (χ0v) is 10.1. The molecule has 0 aromatic carbocycles. The number of hydrogen-bond donors (Lipinski definition) is 1. The molecule has 6 heteroatoms. The summed E-state index contributed by atoms with van der Waals surface area (Å²) >= 11 is 11.5. The average molecular weight is 250 g/mol. The molecular formula is C9H13Cl2N3O. The van der Waals surface area contributed by atoms with Crippen LogP contribution in [0.4, 0.5) is 5.82 Å². The summed E-state index contributed by atoms with van der Waals surface area (Å²) in [5.41, 5.74) is 0. The first-order chi connectivity index (χ1) is 7.04. The highest BCUT2D eigenvalue weighted by Crippen LogP contribution is 2.19. The van der Waals surface area contributed by atoms with Crippen LogP contribution in [0.15, 0.2) is 6.07 Å². The SMILES string of the molecule is C[C@@H](CCO)N(C)c1cc(Cl)nc(Cl)n1. The van der Waals surface area contributed by atoms with Crippen LogP contribution in [0.1, 0.15) is 13.3 Å². The summed E-state index contributed by atoms with van der Waals surface area (Å²) in [6.45, 7) is 2.12. The normalized spacial score (nSPS) is 12.6. The van der Waals surface area contributed by atoms with E-state index < -0.39 is 0 Å². The van der Waals surface area contributed by atoms with E-state index in [0.29, 0.717) is 17.4 Å². The van der Waals surface area contributed by atoms with Gasteiger partial charge in [0.15, 0.2) is 0 Å². The molecule has 0 saturated heterocycles. The van der Waals surface area contributed by atoms with Crippen LogP contribution in [0.2, 0.25) is 10.4 Å². The molecule has 4 nitrogen and oxygen atoms in total. The monoisotopic (exact) mass is 249 g/mol. The lowest BCUT2D eigenvalue weighted by atomic mass is 10.2. The van der Waals surface area contributed by atoms with Crippen LogP contribution in [0.25, 0.3) is 0 Å². The lowest BCUT2D eigenvalue weighted by molar-refractivity contribution is 0.277. The topological polar surface area (TPSA) is 49.2 Å². The second kappa shape index (κ2) is 5.49. The van der Waals surface area contributed by atoms with Crippen LogP contribution in [-0.2, 0) is 0 Å². The standard InChI is InChI=1S/C9H13Cl2N3O/c1-6(3-4-15)14(2)8-5-7(10)12-9(11)13-8/h5-6,15H,3-4H2,1-2H3/t6-/m0/s1. The van der Waals surface area contributed by atoms with Crippen molar-refractivity contribution in [3.05, 3.63) is 16.5 Å². The maximum atomic E-state index is 8.83. The smallest absolute Gasteiger partial charge is 0.225 e. The molecule has 1 aromatic heterocycles. The summed E-state index contributed by atoms with van der Waals surface area (Å²) in [5.74, 6) is 0.654. The Hall–Kier alpha value is -0.580. The first-order valence-electron chi connectivity index (χ1n) is 4.58. The third kappa shape index (κ3) is 3.48. The van der Waals surface area contributed by atoms with Crippen LogP contribution >= 0.6 is 23.2 Å². The summed E-state index contributed by atoms with van der Waals surface area (Å²) in [5, 5.41) is 9.27. The summed E-state index contributed by atoms with van der Waals surface area (Å²) in [7, 11) is 1.87. The van der Waals surface area contributed by atoms with Gasteiger partial charge in [-0.25, -0.2) is 9.97 Å². The molecule has 0 fully saturated rings. The van der Waals surface area contributed by atoms with Crippen molar-refractivity contribution in [2.45, 2.75) is 19.4 Å². The van der Waals surface area contributed by atoms with E-state index in [9.17, 15) is 0 Å². The fraction of sp³-hybridized carbons (Fsp3) is 0.556. The van der Waals surface area contributed by atoms with Gasteiger partial charge in [0.2, 0.25) is 5.28 Å². The number of anilines is 1. The van der Waals surface area contributed by atoms with Crippen LogP contribution in [0, 0.1) is 0 Å². The molecule has 1 heterocycles. The quantitative estimate of drug-likeness (QED) is 0.655. The van der Waals surface area contributed by atoms with Gasteiger partial charge in [0.1, 0.15) is 11.0 Å². The zero-order chi connectivity index (χ0) is 11.4. The van der Waals surface area contributed by atoms with Crippen LogP contribution < -0.4 is 4.90 Å². The highest BCUT2D eigenvalue weighted by Gasteiger charge is 2.12. The van der Waals surface area contributed by atoms with Crippen molar-refractivity contribution in [1.29, 1.82) is 0 Å². The van der Waals surface area contributed by atoms with Gasteiger partial charge in [-0.05, 0) is 24.9 Å². The lowest BCUT2D eigenvalue weighted by Gasteiger charge is -2.25. The Balaban J connectivity index is 2.85. The highest BCUT2D eigenvalue weighted by molar-refractivity contribution is 6.32. The maximum Gasteiger partial charge on any atom is 0.225 e. The van der Waals surface area contributed by atoms with Gasteiger partial charge in [0.05, 0.1) is 0 Å². The molecule has 15 heavy (non-hydrogen) atoms. The van der Waals surface area contributed by atoms with Crippen LogP contribution in [0.5, 0.6) is 0 Å². The number of aromatic nitrogens is 2. The van der Waals surface area contributed by atoms with Crippen molar-refractivity contribution >= 4 is 29.0 Å². The lowest BCUT2D eigenvalue weighted by Crippen LogP contribution is -2.30. The number of rotatable bonds is 4. The number of nitrogens with zero attached hydrogens (tertiary/aromatic N) is 3. The molecule has 0 aliphatic carbocycles.